The van der Waals surface area contributed by atoms with Crippen molar-refractivity contribution in [3.05, 3.63) is 12.2 Å². The van der Waals surface area contributed by atoms with Crippen LogP contribution in [0.4, 0.5) is 0 Å². The summed E-state index contributed by atoms with van der Waals surface area (Å²) in [7, 11) is 1.91. The monoisotopic (exact) mass is 182 g/mol. The first-order valence-electron chi connectivity index (χ1n) is 4.50. The van der Waals surface area contributed by atoms with Crippen LogP contribution in [0.15, 0.2) is 6.33 Å². The molecular weight excluding hydrogens is 168 g/mol. The van der Waals surface area contributed by atoms with Gasteiger partial charge in [-0.3, -0.25) is 4.68 Å². The van der Waals surface area contributed by atoms with Crippen molar-refractivity contribution in [3.8, 4) is 0 Å². The van der Waals surface area contributed by atoms with Gasteiger partial charge in [-0.1, -0.05) is 0 Å². The van der Waals surface area contributed by atoms with Crippen LogP contribution in [-0.4, -0.2) is 40.6 Å². The van der Waals surface area contributed by atoms with Crippen molar-refractivity contribution >= 4 is 0 Å². The lowest BCUT2D eigenvalue weighted by molar-refractivity contribution is 0.0761. The van der Waals surface area contributed by atoms with E-state index in [1.54, 1.807) is 11.0 Å². The third-order valence-electron chi connectivity index (χ3n) is 2.23. The maximum absolute atomic E-state index is 5.35. The topological polar surface area (TPSA) is 52.0 Å². The number of aromatic nitrogens is 3. The molecule has 1 aromatic heterocycles. The summed E-state index contributed by atoms with van der Waals surface area (Å²) in [5.74, 6) is 1.00. The number of aryl methyl sites for hydroxylation is 1. The molecule has 0 aliphatic carbocycles. The number of morpholine rings is 1. The van der Waals surface area contributed by atoms with Crippen LogP contribution in [0.5, 0.6) is 0 Å². The Kier molecular flexibility index (Phi) is 2.56. The molecular formula is C8H14N4O. The van der Waals surface area contributed by atoms with Crippen LogP contribution in [0, 0.1) is 0 Å². The molecule has 72 valence electrons. The minimum Gasteiger partial charge on any atom is -0.379 e. The van der Waals surface area contributed by atoms with Crippen LogP contribution < -0.4 is 5.32 Å². The fourth-order valence-electron chi connectivity index (χ4n) is 1.48. The average molecular weight is 182 g/mol. The molecule has 0 aromatic carbocycles. The Morgan fingerprint density at radius 2 is 2.69 bits per heavy atom. The van der Waals surface area contributed by atoms with Gasteiger partial charge < -0.3 is 10.1 Å². The summed E-state index contributed by atoms with van der Waals surface area (Å²) in [5.41, 5.74) is 0. The first-order chi connectivity index (χ1) is 6.36. The molecule has 2 rings (SSSR count). The Morgan fingerprint density at radius 3 is 3.31 bits per heavy atom. The number of ether oxygens (including phenoxy) is 1. The van der Waals surface area contributed by atoms with E-state index in [-0.39, 0.29) is 0 Å². The molecule has 0 amide bonds. The summed E-state index contributed by atoms with van der Waals surface area (Å²) in [6, 6.07) is 0.386. The SMILES string of the molecule is Cn1ncnc1CC1COCCN1. The van der Waals surface area contributed by atoms with Crippen molar-refractivity contribution in [2.75, 3.05) is 19.8 Å². The van der Waals surface area contributed by atoms with E-state index in [1.165, 1.54) is 0 Å². The van der Waals surface area contributed by atoms with Crippen molar-refractivity contribution in [2.45, 2.75) is 12.5 Å². The molecule has 1 aliphatic rings. The number of hydrogen-bond donors (Lipinski definition) is 1. The number of nitrogens with one attached hydrogen (secondary N) is 1. The van der Waals surface area contributed by atoms with Crippen LogP contribution in [0.25, 0.3) is 0 Å². The summed E-state index contributed by atoms with van der Waals surface area (Å²) in [6.45, 7) is 2.52. The lowest BCUT2D eigenvalue weighted by Crippen LogP contribution is -2.43. The quantitative estimate of drug-likeness (QED) is 0.660. The van der Waals surface area contributed by atoms with Gasteiger partial charge in [0.15, 0.2) is 0 Å². The van der Waals surface area contributed by atoms with Crippen molar-refractivity contribution in [2.24, 2.45) is 7.05 Å². The van der Waals surface area contributed by atoms with Gasteiger partial charge in [0, 0.05) is 26.1 Å². The third-order valence-corrected chi connectivity index (χ3v) is 2.23. The van der Waals surface area contributed by atoms with Crippen LogP contribution in [0.3, 0.4) is 0 Å². The van der Waals surface area contributed by atoms with Gasteiger partial charge in [-0.2, -0.15) is 5.10 Å². The van der Waals surface area contributed by atoms with Gasteiger partial charge >= 0.3 is 0 Å². The Balaban J connectivity index is 1.93. The van der Waals surface area contributed by atoms with Gasteiger partial charge in [-0.25, -0.2) is 4.98 Å². The van der Waals surface area contributed by atoms with Crippen molar-refractivity contribution in [1.82, 2.24) is 20.1 Å². The summed E-state index contributed by atoms with van der Waals surface area (Å²) >= 11 is 0. The molecule has 13 heavy (non-hydrogen) atoms. The molecule has 0 saturated carbocycles. The number of hydrogen-bond acceptors (Lipinski definition) is 4. The highest BCUT2D eigenvalue weighted by molar-refractivity contribution is 4.89. The molecule has 1 fully saturated rings. The fraction of sp³-hybridized carbons (Fsp3) is 0.750. The zero-order valence-electron chi connectivity index (χ0n) is 7.73. The third kappa shape index (κ3) is 2.05. The molecule has 0 radical (unpaired) electrons. The number of nitrogens with zero attached hydrogens (tertiary/aromatic N) is 3. The summed E-state index contributed by atoms with van der Waals surface area (Å²) in [5, 5.41) is 7.40. The van der Waals surface area contributed by atoms with Crippen LogP contribution in [0.2, 0.25) is 0 Å². The Labute approximate surface area is 77.1 Å². The van der Waals surface area contributed by atoms with E-state index in [9.17, 15) is 0 Å². The smallest absolute Gasteiger partial charge is 0.138 e. The Bertz CT molecular complexity index is 267. The highest BCUT2D eigenvalue weighted by atomic mass is 16.5. The van der Waals surface area contributed by atoms with E-state index in [0.717, 1.165) is 32.0 Å². The molecule has 1 unspecified atom stereocenters. The molecule has 1 saturated heterocycles. The van der Waals surface area contributed by atoms with E-state index in [4.69, 9.17) is 4.74 Å². The van der Waals surface area contributed by atoms with Gasteiger partial charge in [0.2, 0.25) is 0 Å². The van der Waals surface area contributed by atoms with E-state index >= 15 is 0 Å². The maximum atomic E-state index is 5.35. The second kappa shape index (κ2) is 3.85. The van der Waals surface area contributed by atoms with Crippen LogP contribution >= 0.6 is 0 Å². The largest absolute Gasteiger partial charge is 0.379 e. The summed E-state index contributed by atoms with van der Waals surface area (Å²) < 4.78 is 7.15. The van der Waals surface area contributed by atoms with E-state index in [2.05, 4.69) is 15.4 Å². The minimum absolute atomic E-state index is 0.386. The normalized spacial score (nSPS) is 23.3. The fourth-order valence-corrected chi connectivity index (χ4v) is 1.48. The van der Waals surface area contributed by atoms with Crippen molar-refractivity contribution < 1.29 is 4.74 Å². The molecule has 1 aliphatic heterocycles. The van der Waals surface area contributed by atoms with Crippen LogP contribution in [0.1, 0.15) is 5.82 Å². The molecule has 5 heteroatoms. The van der Waals surface area contributed by atoms with E-state index < -0.39 is 0 Å². The zero-order chi connectivity index (χ0) is 9.10. The molecule has 1 aromatic rings. The summed E-state index contributed by atoms with van der Waals surface area (Å²) in [6.07, 6.45) is 2.47. The highest BCUT2D eigenvalue weighted by Gasteiger charge is 2.15. The van der Waals surface area contributed by atoms with Gasteiger partial charge in [-0.05, 0) is 0 Å². The van der Waals surface area contributed by atoms with Crippen LogP contribution in [-0.2, 0) is 18.2 Å². The first-order valence-corrected chi connectivity index (χ1v) is 4.50. The number of rotatable bonds is 2. The Morgan fingerprint density at radius 1 is 1.77 bits per heavy atom. The molecule has 0 bridgehead atoms. The van der Waals surface area contributed by atoms with Gasteiger partial charge in [0.1, 0.15) is 12.2 Å². The van der Waals surface area contributed by atoms with E-state index in [0.29, 0.717) is 6.04 Å². The summed E-state index contributed by atoms with van der Waals surface area (Å²) in [4.78, 5) is 4.17. The predicted molar refractivity (Wildman–Crippen MR) is 47.3 cm³/mol. The van der Waals surface area contributed by atoms with E-state index in [1.807, 2.05) is 7.05 Å². The highest BCUT2D eigenvalue weighted by Crippen LogP contribution is 2.01. The average Bonchev–Trinajstić information content (AvgIpc) is 2.54. The standard InChI is InChI=1S/C8H14N4O/c1-12-8(10-6-11-12)4-7-5-13-3-2-9-7/h6-7,9H,2-5H2,1H3. The van der Waals surface area contributed by atoms with Gasteiger partial charge in [-0.15, -0.1) is 0 Å². The molecule has 5 nitrogen and oxygen atoms in total. The minimum atomic E-state index is 0.386. The second-order valence-corrected chi connectivity index (χ2v) is 3.23. The predicted octanol–water partition coefficient (Wildman–Crippen LogP) is -0.654. The van der Waals surface area contributed by atoms with Crippen molar-refractivity contribution in [1.29, 1.82) is 0 Å². The molecule has 1 N–H and O–H groups in total. The van der Waals surface area contributed by atoms with Crippen molar-refractivity contribution in [3.63, 3.8) is 0 Å². The lowest BCUT2D eigenvalue weighted by Gasteiger charge is -2.23. The molecule has 1 atom stereocenters. The zero-order valence-corrected chi connectivity index (χ0v) is 7.73. The second-order valence-electron chi connectivity index (χ2n) is 3.23. The first kappa shape index (κ1) is 8.65. The van der Waals surface area contributed by atoms with Gasteiger partial charge in [0.05, 0.1) is 13.2 Å². The lowest BCUT2D eigenvalue weighted by atomic mass is 10.2. The maximum Gasteiger partial charge on any atom is 0.138 e. The Hall–Kier alpha value is -0.940. The van der Waals surface area contributed by atoms with Gasteiger partial charge in [0.25, 0.3) is 0 Å². The molecule has 2 heterocycles. The molecule has 0 spiro atoms.